The number of hydrogen-bond acceptors (Lipinski definition) is 3. The summed E-state index contributed by atoms with van der Waals surface area (Å²) in [4.78, 5) is 17.2. The second-order valence-electron chi connectivity index (χ2n) is 6.11. The van der Waals surface area contributed by atoms with E-state index in [9.17, 15) is 4.79 Å². The number of benzene rings is 1. The predicted molar refractivity (Wildman–Crippen MR) is 85.5 cm³/mol. The van der Waals surface area contributed by atoms with Gasteiger partial charge in [0.25, 0.3) is 0 Å². The van der Waals surface area contributed by atoms with Crippen LogP contribution >= 0.6 is 0 Å². The Morgan fingerprint density at radius 2 is 1.86 bits per heavy atom. The SMILES string of the molecule is CNC1CCCN(C2CCCN(c3ccccc3)C2=O)C1. The van der Waals surface area contributed by atoms with Crippen molar-refractivity contribution in [2.24, 2.45) is 0 Å². The maximum absolute atomic E-state index is 12.9. The van der Waals surface area contributed by atoms with Gasteiger partial charge in [0.05, 0.1) is 6.04 Å². The summed E-state index contributed by atoms with van der Waals surface area (Å²) in [6.07, 6.45) is 4.49. The van der Waals surface area contributed by atoms with Crippen LogP contribution in [-0.4, -0.2) is 49.6 Å². The minimum absolute atomic E-state index is 0.0649. The molecule has 1 aromatic rings. The lowest BCUT2D eigenvalue weighted by Crippen LogP contribution is -2.57. The van der Waals surface area contributed by atoms with Crippen molar-refractivity contribution in [1.29, 1.82) is 0 Å². The van der Waals surface area contributed by atoms with Crippen LogP contribution in [0.25, 0.3) is 0 Å². The highest BCUT2D eigenvalue weighted by molar-refractivity contribution is 5.97. The summed E-state index contributed by atoms with van der Waals surface area (Å²) in [6, 6.07) is 10.7. The van der Waals surface area contributed by atoms with Crippen molar-refractivity contribution in [2.45, 2.75) is 37.8 Å². The van der Waals surface area contributed by atoms with Crippen molar-refractivity contribution in [3.8, 4) is 0 Å². The molecule has 2 aliphatic heterocycles. The van der Waals surface area contributed by atoms with Gasteiger partial charge in [0.1, 0.15) is 0 Å². The van der Waals surface area contributed by atoms with E-state index in [1.54, 1.807) is 0 Å². The van der Waals surface area contributed by atoms with Crippen LogP contribution in [0.4, 0.5) is 5.69 Å². The molecule has 2 heterocycles. The third-order valence-corrected chi connectivity index (χ3v) is 4.78. The first-order chi connectivity index (χ1) is 10.3. The van der Waals surface area contributed by atoms with Crippen LogP contribution in [0.3, 0.4) is 0 Å². The van der Waals surface area contributed by atoms with E-state index in [2.05, 4.69) is 10.2 Å². The zero-order chi connectivity index (χ0) is 14.7. The van der Waals surface area contributed by atoms with Crippen molar-refractivity contribution in [3.63, 3.8) is 0 Å². The van der Waals surface area contributed by atoms with Crippen molar-refractivity contribution < 1.29 is 4.79 Å². The van der Waals surface area contributed by atoms with Gasteiger partial charge in [-0.3, -0.25) is 9.69 Å². The van der Waals surface area contributed by atoms with E-state index in [0.717, 1.165) is 38.2 Å². The lowest BCUT2D eigenvalue weighted by atomic mass is 9.97. The summed E-state index contributed by atoms with van der Waals surface area (Å²) >= 11 is 0. The minimum Gasteiger partial charge on any atom is -0.316 e. The van der Waals surface area contributed by atoms with Gasteiger partial charge >= 0.3 is 0 Å². The minimum atomic E-state index is 0.0649. The summed E-state index contributed by atoms with van der Waals surface area (Å²) in [6.45, 7) is 2.90. The Balaban J connectivity index is 1.73. The lowest BCUT2D eigenvalue weighted by Gasteiger charge is -2.42. The number of piperidine rings is 2. The first-order valence-corrected chi connectivity index (χ1v) is 8.07. The van der Waals surface area contributed by atoms with Gasteiger partial charge in [0.15, 0.2) is 0 Å². The molecule has 21 heavy (non-hydrogen) atoms. The molecular weight excluding hydrogens is 262 g/mol. The highest BCUT2D eigenvalue weighted by Gasteiger charge is 2.35. The zero-order valence-electron chi connectivity index (χ0n) is 12.8. The number of likely N-dealkylation sites (N-methyl/N-ethyl adjacent to an activating group) is 1. The number of anilines is 1. The normalized spacial score (nSPS) is 27.9. The highest BCUT2D eigenvalue weighted by Crippen LogP contribution is 2.25. The molecule has 0 aliphatic carbocycles. The number of nitrogens with one attached hydrogen (secondary N) is 1. The number of likely N-dealkylation sites (tertiary alicyclic amines) is 1. The van der Waals surface area contributed by atoms with Gasteiger partial charge in [0.2, 0.25) is 5.91 Å². The number of carbonyl (C=O) groups excluding carboxylic acids is 1. The van der Waals surface area contributed by atoms with Gasteiger partial charge in [-0.05, 0) is 51.4 Å². The van der Waals surface area contributed by atoms with E-state index < -0.39 is 0 Å². The number of para-hydroxylation sites is 1. The highest BCUT2D eigenvalue weighted by atomic mass is 16.2. The molecule has 4 heteroatoms. The largest absolute Gasteiger partial charge is 0.316 e. The second kappa shape index (κ2) is 6.58. The van der Waals surface area contributed by atoms with Gasteiger partial charge in [-0.2, -0.15) is 0 Å². The van der Waals surface area contributed by atoms with Crippen molar-refractivity contribution in [2.75, 3.05) is 31.6 Å². The Morgan fingerprint density at radius 1 is 1.10 bits per heavy atom. The van der Waals surface area contributed by atoms with Crippen LogP contribution < -0.4 is 10.2 Å². The fourth-order valence-electron chi connectivity index (χ4n) is 3.58. The van der Waals surface area contributed by atoms with Crippen LogP contribution in [-0.2, 0) is 4.79 Å². The van der Waals surface area contributed by atoms with Gasteiger partial charge in [-0.25, -0.2) is 0 Å². The third-order valence-electron chi connectivity index (χ3n) is 4.78. The molecule has 4 nitrogen and oxygen atoms in total. The summed E-state index contributed by atoms with van der Waals surface area (Å²) in [5.74, 6) is 0.282. The molecule has 0 bridgehead atoms. The molecule has 0 spiro atoms. The Labute approximate surface area is 127 Å². The third kappa shape index (κ3) is 3.11. The van der Waals surface area contributed by atoms with E-state index in [4.69, 9.17) is 0 Å². The molecular formula is C17H25N3O. The van der Waals surface area contributed by atoms with E-state index in [-0.39, 0.29) is 11.9 Å². The van der Waals surface area contributed by atoms with Crippen molar-refractivity contribution in [1.82, 2.24) is 10.2 Å². The molecule has 2 fully saturated rings. The van der Waals surface area contributed by atoms with Crippen LogP contribution in [0.5, 0.6) is 0 Å². The standard InChI is InChI=1S/C17H25N3O/c1-18-14-7-5-11-19(13-14)16-10-6-12-20(17(16)21)15-8-3-2-4-9-15/h2-4,8-9,14,16,18H,5-7,10-13H2,1H3. The Hall–Kier alpha value is -1.39. The zero-order valence-corrected chi connectivity index (χ0v) is 12.8. The smallest absolute Gasteiger partial charge is 0.244 e. The predicted octanol–water partition coefficient (Wildman–Crippen LogP) is 1.87. The fourth-order valence-corrected chi connectivity index (χ4v) is 3.58. The summed E-state index contributed by atoms with van der Waals surface area (Å²) < 4.78 is 0. The van der Waals surface area contributed by atoms with Crippen molar-refractivity contribution >= 4 is 11.6 Å². The molecule has 1 amide bonds. The Bertz CT molecular complexity index is 476. The second-order valence-corrected chi connectivity index (χ2v) is 6.11. The number of carbonyl (C=O) groups is 1. The van der Waals surface area contributed by atoms with Gasteiger partial charge < -0.3 is 10.2 Å². The molecule has 2 unspecified atom stereocenters. The summed E-state index contributed by atoms with van der Waals surface area (Å²) in [5.41, 5.74) is 1.04. The molecule has 0 aromatic heterocycles. The van der Waals surface area contributed by atoms with Crippen LogP contribution in [0, 0.1) is 0 Å². The maximum atomic E-state index is 12.9. The number of nitrogens with zero attached hydrogens (tertiary/aromatic N) is 2. The molecule has 114 valence electrons. The van der Waals surface area contributed by atoms with Gasteiger partial charge in [0, 0.05) is 24.8 Å². The van der Waals surface area contributed by atoms with Crippen LogP contribution in [0.2, 0.25) is 0 Å². The Morgan fingerprint density at radius 3 is 2.62 bits per heavy atom. The van der Waals surface area contributed by atoms with E-state index in [1.165, 1.54) is 12.8 Å². The van der Waals surface area contributed by atoms with Crippen molar-refractivity contribution in [3.05, 3.63) is 30.3 Å². The van der Waals surface area contributed by atoms with Crippen LogP contribution in [0.1, 0.15) is 25.7 Å². The molecule has 3 rings (SSSR count). The molecule has 0 radical (unpaired) electrons. The first kappa shape index (κ1) is 14.5. The molecule has 2 saturated heterocycles. The summed E-state index contributed by atoms with van der Waals surface area (Å²) in [7, 11) is 2.02. The van der Waals surface area contributed by atoms with Gasteiger partial charge in [-0.15, -0.1) is 0 Å². The molecule has 1 aromatic carbocycles. The summed E-state index contributed by atoms with van der Waals surface area (Å²) in [5, 5.41) is 3.36. The molecule has 2 aliphatic rings. The average molecular weight is 287 g/mol. The molecule has 2 atom stereocenters. The van der Waals surface area contributed by atoms with E-state index >= 15 is 0 Å². The van der Waals surface area contributed by atoms with E-state index in [0.29, 0.717) is 6.04 Å². The molecule has 0 saturated carbocycles. The quantitative estimate of drug-likeness (QED) is 0.922. The Kier molecular flexibility index (Phi) is 4.56. The topological polar surface area (TPSA) is 35.6 Å². The molecule has 1 N–H and O–H groups in total. The lowest BCUT2D eigenvalue weighted by molar-refractivity contribution is -0.126. The number of amides is 1. The maximum Gasteiger partial charge on any atom is 0.244 e. The number of rotatable bonds is 3. The number of hydrogen-bond donors (Lipinski definition) is 1. The van der Waals surface area contributed by atoms with Crippen LogP contribution in [0.15, 0.2) is 30.3 Å². The fraction of sp³-hybridized carbons (Fsp3) is 0.588. The average Bonchev–Trinajstić information content (AvgIpc) is 2.56. The monoisotopic (exact) mass is 287 g/mol. The first-order valence-electron chi connectivity index (χ1n) is 8.07. The van der Waals surface area contributed by atoms with Gasteiger partial charge in [-0.1, -0.05) is 18.2 Å². The van der Waals surface area contributed by atoms with E-state index in [1.807, 2.05) is 42.3 Å².